The number of nitrogens with one attached hydrogen (secondary N) is 1. The Balaban J connectivity index is 1.75. The highest BCUT2D eigenvalue weighted by Gasteiger charge is 2.14. The van der Waals surface area contributed by atoms with Crippen LogP contribution < -0.4 is 14.8 Å². The topological polar surface area (TPSA) is 56.5 Å². The van der Waals surface area contributed by atoms with Gasteiger partial charge >= 0.3 is 0 Å². The van der Waals surface area contributed by atoms with Gasteiger partial charge in [-0.2, -0.15) is 0 Å². The second-order valence-corrected chi connectivity index (χ2v) is 4.94. The highest BCUT2D eigenvalue weighted by molar-refractivity contribution is 5.74. The van der Waals surface area contributed by atoms with Crippen molar-refractivity contribution in [3.05, 3.63) is 42.3 Å². The minimum atomic E-state index is 0.265. The van der Waals surface area contributed by atoms with E-state index in [4.69, 9.17) is 14.0 Å². The van der Waals surface area contributed by atoms with Gasteiger partial charge in [0.05, 0.1) is 5.70 Å². The molecule has 0 saturated heterocycles. The molecule has 1 aromatic carbocycles. The number of rotatable bonds is 4. The number of ether oxygens (including phenoxy) is 2. The summed E-state index contributed by atoms with van der Waals surface area (Å²) in [4.78, 5) is 0. The van der Waals surface area contributed by atoms with Crippen LogP contribution in [0.1, 0.15) is 31.2 Å². The summed E-state index contributed by atoms with van der Waals surface area (Å²) in [7, 11) is 0. The van der Waals surface area contributed by atoms with Crippen LogP contribution >= 0.6 is 0 Å². The zero-order valence-corrected chi connectivity index (χ0v) is 11.5. The van der Waals surface area contributed by atoms with E-state index < -0.39 is 0 Å². The Morgan fingerprint density at radius 1 is 1.25 bits per heavy atom. The molecule has 0 fully saturated rings. The molecule has 20 heavy (non-hydrogen) atoms. The quantitative estimate of drug-likeness (QED) is 0.921. The van der Waals surface area contributed by atoms with E-state index in [-0.39, 0.29) is 6.79 Å². The summed E-state index contributed by atoms with van der Waals surface area (Å²) in [5.74, 6) is 2.62. The standard InChI is InChI=1S/C15H16N2O3/c1-9(2)14-7-12(17-20-14)10(3)16-11-4-5-13-15(6-11)19-8-18-13/h4-7,9,16H,3,8H2,1-2H3. The van der Waals surface area contributed by atoms with Gasteiger partial charge in [0.25, 0.3) is 0 Å². The van der Waals surface area contributed by atoms with E-state index in [1.807, 2.05) is 24.3 Å². The van der Waals surface area contributed by atoms with E-state index in [9.17, 15) is 0 Å². The lowest BCUT2D eigenvalue weighted by atomic mass is 10.1. The maximum Gasteiger partial charge on any atom is 0.231 e. The van der Waals surface area contributed by atoms with Crippen LogP contribution in [0, 0.1) is 0 Å². The smallest absolute Gasteiger partial charge is 0.231 e. The van der Waals surface area contributed by atoms with Crippen LogP contribution in [0.4, 0.5) is 5.69 Å². The summed E-state index contributed by atoms with van der Waals surface area (Å²) < 4.78 is 15.9. The Morgan fingerprint density at radius 3 is 2.80 bits per heavy atom. The maximum absolute atomic E-state index is 5.34. The summed E-state index contributed by atoms with van der Waals surface area (Å²) >= 11 is 0. The monoisotopic (exact) mass is 272 g/mol. The van der Waals surface area contributed by atoms with Gasteiger partial charge in [-0.25, -0.2) is 0 Å². The van der Waals surface area contributed by atoms with Crippen LogP contribution in [-0.2, 0) is 0 Å². The van der Waals surface area contributed by atoms with Gasteiger partial charge in [0.1, 0.15) is 11.5 Å². The van der Waals surface area contributed by atoms with Gasteiger partial charge in [0.15, 0.2) is 11.5 Å². The lowest BCUT2D eigenvalue weighted by molar-refractivity contribution is 0.174. The second-order valence-electron chi connectivity index (χ2n) is 4.94. The molecular weight excluding hydrogens is 256 g/mol. The van der Waals surface area contributed by atoms with Crippen molar-refractivity contribution >= 4 is 11.4 Å². The SMILES string of the molecule is C=C(Nc1ccc2c(c1)OCO2)c1cc(C(C)C)on1. The first-order valence-electron chi connectivity index (χ1n) is 6.46. The van der Waals surface area contributed by atoms with E-state index in [0.717, 1.165) is 22.9 Å². The average molecular weight is 272 g/mol. The number of hydrogen-bond acceptors (Lipinski definition) is 5. The zero-order valence-electron chi connectivity index (χ0n) is 11.5. The molecule has 0 bridgehead atoms. The molecule has 1 aliphatic rings. The largest absolute Gasteiger partial charge is 0.454 e. The Hall–Kier alpha value is -2.43. The average Bonchev–Trinajstić information content (AvgIpc) is 3.07. The third-order valence-electron chi connectivity index (χ3n) is 3.07. The van der Waals surface area contributed by atoms with Crippen LogP contribution in [0.5, 0.6) is 11.5 Å². The lowest BCUT2D eigenvalue weighted by Gasteiger charge is -2.07. The number of hydrogen-bond donors (Lipinski definition) is 1. The van der Waals surface area contributed by atoms with Gasteiger partial charge in [0, 0.05) is 23.7 Å². The molecule has 0 amide bonds. The number of benzene rings is 1. The fourth-order valence-corrected chi connectivity index (χ4v) is 1.92. The first-order valence-corrected chi connectivity index (χ1v) is 6.46. The van der Waals surface area contributed by atoms with Crippen molar-refractivity contribution in [3.63, 3.8) is 0 Å². The summed E-state index contributed by atoms with van der Waals surface area (Å²) in [5.41, 5.74) is 2.25. The van der Waals surface area contributed by atoms with Crippen molar-refractivity contribution in [1.82, 2.24) is 5.16 Å². The van der Waals surface area contributed by atoms with Crippen molar-refractivity contribution in [2.75, 3.05) is 12.1 Å². The van der Waals surface area contributed by atoms with Crippen molar-refractivity contribution < 1.29 is 14.0 Å². The van der Waals surface area contributed by atoms with Gasteiger partial charge in [0.2, 0.25) is 6.79 Å². The number of aromatic nitrogens is 1. The third-order valence-corrected chi connectivity index (χ3v) is 3.07. The highest BCUT2D eigenvalue weighted by Crippen LogP contribution is 2.35. The van der Waals surface area contributed by atoms with Crippen molar-refractivity contribution in [2.24, 2.45) is 0 Å². The molecule has 2 aromatic rings. The molecule has 5 nitrogen and oxygen atoms in total. The van der Waals surface area contributed by atoms with Gasteiger partial charge in [-0.3, -0.25) is 0 Å². The molecule has 1 N–H and O–H groups in total. The molecule has 104 valence electrons. The number of anilines is 1. The molecule has 5 heteroatoms. The molecule has 1 aliphatic heterocycles. The minimum Gasteiger partial charge on any atom is -0.454 e. The van der Waals surface area contributed by atoms with E-state index in [1.54, 1.807) is 0 Å². The van der Waals surface area contributed by atoms with Crippen LogP contribution in [0.3, 0.4) is 0 Å². The number of fused-ring (bicyclic) bond motifs is 1. The van der Waals surface area contributed by atoms with Crippen molar-refractivity contribution in [1.29, 1.82) is 0 Å². The van der Waals surface area contributed by atoms with E-state index in [2.05, 4.69) is 30.9 Å². The zero-order chi connectivity index (χ0) is 14.1. The fraction of sp³-hybridized carbons (Fsp3) is 0.267. The molecule has 1 aromatic heterocycles. The van der Waals surface area contributed by atoms with Gasteiger partial charge < -0.3 is 19.3 Å². The highest BCUT2D eigenvalue weighted by atomic mass is 16.7. The fourth-order valence-electron chi connectivity index (χ4n) is 1.92. The Labute approximate surface area is 117 Å². The molecule has 0 unspecified atom stereocenters. The summed E-state index contributed by atoms with van der Waals surface area (Å²) in [6, 6.07) is 7.53. The Morgan fingerprint density at radius 2 is 2.05 bits per heavy atom. The van der Waals surface area contributed by atoms with Crippen molar-refractivity contribution in [2.45, 2.75) is 19.8 Å². The summed E-state index contributed by atoms with van der Waals surface area (Å²) in [6.07, 6.45) is 0. The molecule has 0 aliphatic carbocycles. The Bertz CT molecular complexity index is 646. The maximum atomic E-state index is 5.34. The molecule has 2 heterocycles. The molecule has 0 spiro atoms. The second kappa shape index (κ2) is 4.92. The first kappa shape index (κ1) is 12.6. The lowest BCUT2D eigenvalue weighted by Crippen LogP contribution is -1.97. The van der Waals surface area contributed by atoms with Gasteiger partial charge in [-0.15, -0.1) is 0 Å². The summed E-state index contributed by atoms with van der Waals surface area (Å²) in [6.45, 7) is 8.35. The third kappa shape index (κ3) is 2.34. The van der Waals surface area contributed by atoms with Crippen LogP contribution in [0.15, 0.2) is 35.4 Å². The Kier molecular flexibility index (Phi) is 3.10. The van der Waals surface area contributed by atoms with E-state index in [0.29, 0.717) is 17.3 Å². The van der Waals surface area contributed by atoms with Gasteiger partial charge in [-0.05, 0) is 12.1 Å². The molecule has 0 saturated carbocycles. The summed E-state index contributed by atoms with van der Waals surface area (Å²) in [5, 5.41) is 7.20. The minimum absolute atomic E-state index is 0.265. The predicted octanol–water partition coefficient (Wildman–Crippen LogP) is 3.61. The van der Waals surface area contributed by atoms with Gasteiger partial charge in [-0.1, -0.05) is 25.6 Å². The normalized spacial score (nSPS) is 12.8. The molecular formula is C15H16N2O3. The van der Waals surface area contributed by atoms with Crippen LogP contribution in [-0.4, -0.2) is 11.9 Å². The van der Waals surface area contributed by atoms with E-state index >= 15 is 0 Å². The van der Waals surface area contributed by atoms with Crippen LogP contribution in [0.2, 0.25) is 0 Å². The van der Waals surface area contributed by atoms with Crippen molar-refractivity contribution in [3.8, 4) is 11.5 Å². The van der Waals surface area contributed by atoms with Crippen LogP contribution in [0.25, 0.3) is 5.70 Å². The molecule has 0 atom stereocenters. The molecule has 0 radical (unpaired) electrons. The molecule has 3 rings (SSSR count). The van der Waals surface area contributed by atoms with E-state index in [1.165, 1.54) is 0 Å². The predicted molar refractivity (Wildman–Crippen MR) is 75.8 cm³/mol. The number of nitrogens with zero attached hydrogens (tertiary/aromatic N) is 1. The first-order chi connectivity index (χ1) is 9.63.